The van der Waals surface area contributed by atoms with Gasteiger partial charge in [-0.25, -0.2) is 4.98 Å². The van der Waals surface area contributed by atoms with Crippen LogP contribution >= 0.6 is 11.8 Å². The van der Waals surface area contributed by atoms with E-state index in [1.54, 1.807) is 24.3 Å². The number of nitrogens with zero attached hydrogens (tertiary/aromatic N) is 2. The topological polar surface area (TPSA) is 121 Å². The maximum absolute atomic E-state index is 11.6. The highest BCUT2D eigenvalue weighted by atomic mass is 32.2. The van der Waals surface area contributed by atoms with Gasteiger partial charge in [0.25, 0.3) is 16.8 Å². The van der Waals surface area contributed by atoms with Gasteiger partial charge in [-0.3, -0.25) is 25.0 Å². The highest BCUT2D eigenvalue weighted by molar-refractivity contribution is 8.18. The summed E-state index contributed by atoms with van der Waals surface area (Å²) in [6.45, 7) is 0. The monoisotopic (exact) mass is 373 g/mol. The van der Waals surface area contributed by atoms with Crippen LogP contribution in [0, 0.1) is 10.1 Å². The van der Waals surface area contributed by atoms with Gasteiger partial charge in [-0.15, -0.1) is 0 Å². The van der Waals surface area contributed by atoms with Crippen LogP contribution in [0.25, 0.3) is 6.08 Å². The quantitative estimate of drug-likeness (QED) is 0.482. The predicted octanol–water partition coefficient (Wildman–Crippen LogP) is 3.11. The number of hydrogen-bond donors (Lipinski definition) is 1. The van der Waals surface area contributed by atoms with Crippen molar-refractivity contribution >= 4 is 34.7 Å². The molecule has 1 aliphatic heterocycles. The first-order valence-electron chi connectivity index (χ1n) is 7.17. The highest BCUT2D eigenvalue weighted by Crippen LogP contribution is 2.34. The molecule has 0 bridgehead atoms. The number of thioether (sulfide) groups is 1. The number of hydrogen-bond acceptors (Lipinski definition) is 8. The lowest BCUT2D eigenvalue weighted by Gasteiger charge is -2.10. The van der Waals surface area contributed by atoms with Crippen molar-refractivity contribution in [1.29, 1.82) is 0 Å². The molecule has 2 aromatic rings. The molecular weight excluding hydrogens is 362 g/mol. The Hall–Kier alpha value is -3.40. The maximum Gasteiger partial charge on any atom is 0.290 e. The van der Waals surface area contributed by atoms with E-state index >= 15 is 0 Å². The van der Waals surface area contributed by atoms with E-state index in [-0.39, 0.29) is 16.5 Å². The molecule has 132 valence electrons. The molecule has 10 heteroatoms. The van der Waals surface area contributed by atoms with Crippen molar-refractivity contribution in [2.45, 2.75) is 0 Å². The third-order valence-electron chi connectivity index (χ3n) is 3.27. The number of pyridine rings is 1. The summed E-state index contributed by atoms with van der Waals surface area (Å²) in [6.07, 6.45) is 2.65. The number of carbonyl (C=O) groups is 2. The standard InChI is InChI=1S/C16H11N3O6S/c1-24-12-6-9(7-13-15(20)18-16(21)26-13)2-4-11(12)25-14-5-3-10(8-17-14)19(22)23/h2-8H,1H3,(H,18,20,21)/b13-7+. The minimum atomic E-state index is -0.554. The minimum Gasteiger partial charge on any atom is -0.493 e. The predicted molar refractivity (Wildman–Crippen MR) is 93.1 cm³/mol. The molecule has 0 unspecified atom stereocenters. The number of amides is 2. The van der Waals surface area contributed by atoms with Crippen molar-refractivity contribution in [3.05, 3.63) is 57.1 Å². The van der Waals surface area contributed by atoms with Crippen LogP contribution in [-0.2, 0) is 4.79 Å². The van der Waals surface area contributed by atoms with Crippen LogP contribution < -0.4 is 14.8 Å². The van der Waals surface area contributed by atoms with Gasteiger partial charge in [-0.2, -0.15) is 0 Å². The molecule has 26 heavy (non-hydrogen) atoms. The molecule has 2 amide bonds. The Kier molecular flexibility index (Phi) is 4.85. The van der Waals surface area contributed by atoms with Gasteiger partial charge in [0.1, 0.15) is 6.20 Å². The lowest BCUT2D eigenvalue weighted by Crippen LogP contribution is -2.17. The van der Waals surface area contributed by atoms with E-state index in [1.165, 1.54) is 19.2 Å². The van der Waals surface area contributed by atoms with Crippen molar-refractivity contribution in [1.82, 2.24) is 10.3 Å². The Morgan fingerprint density at radius 1 is 1.23 bits per heavy atom. The SMILES string of the molecule is COc1cc(/C=C2/SC(=O)NC2=O)ccc1Oc1ccc([N+](=O)[O-])cn1. The molecule has 0 spiro atoms. The average Bonchev–Trinajstić information content (AvgIpc) is 2.93. The Morgan fingerprint density at radius 2 is 2.04 bits per heavy atom. The van der Waals surface area contributed by atoms with Crippen LogP contribution in [-0.4, -0.2) is 28.2 Å². The Bertz CT molecular complexity index is 926. The van der Waals surface area contributed by atoms with E-state index < -0.39 is 16.1 Å². The molecule has 1 aromatic carbocycles. The fourth-order valence-electron chi connectivity index (χ4n) is 2.08. The molecule has 1 fully saturated rings. The lowest BCUT2D eigenvalue weighted by molar-refractivity contribution is -0.385. The summed E-state index contributed by atoms with van der Waals surface area (Å²) in [5, 5.41) is 12.4. The Balaban J connectivity index is 1.83. The second-order valence-electron chi connectivity index (χ2n) is 4.98. The summed E-state index contributed by atoms with van der Waals surface area (Å²) in [5.41, 5.74) is 0.492. The number of aromatic nitrogens is 1. The normalized spacial score (nSPS) is 15.0. The first kappa shape index (κ1) is 17.4. The van der Waals surface area contributed by atoms with Crippen molar-refractivity contribution < 1.29 is 24.0 Å². The second kappa shape index (κ2) is 7.23. The van der Waals surface area contributed by atoms with E-state index in [4.69, 9.17) is 9.47 Å². The van der Waals surface area contributed by atoms with Crippen LogP contribution in [0.5, 0.6) is 17.4 Å². The summed E-state index contributed by atoms with van der Waals surface area (Å²) in [6, 6.07) is 7.56. The number of nitro groups is 1. The zero-order chi connectivity index (χ0) is 18.7. The summed E-state index contributed by atoms with van der Waals surface area (Å²) >= 11 is 0.817. The largest absolute Gasteiger partial charge is 0.493 e. The average molecular weight is 373 g/mol. The van der Waals surface area contributed by atoms with Crippen LogP contribution in [0.2, 0.25) is 0 Å². The molecule has 0 aliphatic carbocycles. The van der Waals surface area contributed by atoms with Gasteiger partial charge in [0, 0.05) is 12.1 Å². The van der Waals surface area contributed by atoms with Gasteiger partial charge in [-0.05, 0) is 35.5 Å². The van der Waals surface area contributed by atoms with Crippen molar-refractivity contribution in [2.75, 3.05) is 7.11 Å². The fourth-order valence-corrected chi connectivity index (χ4v) is 2.77. The highest BCUT2D eigenvalue weighted by Gasteiger charge is 2.25. The lowest BCUT2D eigenvalue weighted by atomic mass is 10.2. The number of nitrogens with one attached hydrogen (secondary N) is 1. The third kappa shape index (κ3) is 3.81. The van der Waals surface area contributed by atoms with Crippen molar-refractivity contribution in [2.24, 2.45) is 0 Å². The molecule has 1 aliphatic rings. The second-order valence-corrected chi connectivity index (χ2v) is 5.99. The molecule has 0 saturated carbocycles. The molecule has 3 rings (SSSR count). The van der Waals surface area contributed by atoms with Gasteiger partial charge < -0.3 is 9.47 Å². The van der Waals surface area contributed by atoms with Gasteiger partial charge in [-0.1, -0.05) is 6.07 Å². The van der Waals surface area contributed by atoms with Crippen LogP contribution in [0.15, 0.2) is 41.4 Å². The number of methoxy groups -OCH3 is 1. The van der Waals surface area contributed by atoms with Crippen LogP contribution in [0.3, 0.4) is 0 Å². The summed E-state index contributed by atoms with van der Waals surface area (Å²) in [4.78, 5) is 37.0. The van der Waals surface area contributed by atoms with Gasteiger partial charge in [0.05, 0.1) is 16.9 Å². The number of benzene rings is 1. The molecule has 0 atom stereocenters. The fraction of sp³-hybridized carbons (Fsp3) is 0.0625. The van der Waals surface area contributed by atoms with Gasteiger partial charge in [0.2, 0.25) is 5.88 Å². The number of imide groups is 1. The minimum absolute atomic E-state index is 0.145. The number of ether oxygens (including phenoxy) is 2. The van der Waals surface area contributed by atoms with Crippen LogP contribution in [0.4, 0.5) is 10.5 Å². The Labute approximate surface area is 151 Å². The summed E-state index contributed by atoms with van der Waals surface area (Å²) in [7, 11) is 1.45. The first-order valence-corrected chi connectivity index (χ1v) is 7.99. The van der Waals surface area contributed by atoms with Gasteiger partial charge in [0.15, 0.2) is 11.5 Å². The van der Waals surface area contributed by atoms with E-state index in [0.29, 0.717) is 17.1 Å². The zero-order valence-corrected chi connectivity index (χ0v) is 14.1. The van der Waals surface area contributed by atoms with Crippen molar-refractivity contribution in [3.63, 3.8) is 0 Å². The molecule has 1 saturated heterocycles. The molecule has 1 aromatic heterocycles. The summed E-state index contributed by atoms with van der Waals surface area (Å²) in [5.74, 6) is 0.426. The molecule has 0 radical (unpaired) electrons. The van der Waals surface area contributed by atoms with Crippen molar-refractivity contribution in [3.8, 4) is 17.4 Å². The summed E-state index contributed by atoms with van der Waals surface area (Å²) < 4.78 is 10.8. The first-order chi connectivity index (χ1) is 12.5. The van der Waals surface area contributed by atoms with E-state index in [0.717, 1.165) is 18.0 Å². The molecule has 2 heterocycles. The smallest absolute Gasteiger partial charge is 0.290 e. The van der Waals surface area contributed by atoms with Crippen LogP contribution in [0.1, 0.15) is 5.56 Å². The molecule has 9 nitrogen and oxygen atoms in total. The zero-order valence-electron chi connectivity index (χ0n) is 13.3. The van der Waals surface area contributed by atoms with E-state index in [2.05, 4.69) is 10.3 Å². The number of rotatable bonds is 5. The van der Waals surface area contributed by atoms with Gasteiger partial charge >= 0.3 is 0 Å². The third-order valence-corrected chi connectivity index (χ3v) is 4.08. The molecule has 1 N–H and O–H groups in total. The Morgan fingerprint density at radius 3 is 2.62 bits per heavy atom. The van der Waals surface area contributed by atoms with E-state index in [1.807, 2.05) is 0 Å². The van der Waals surface area contributed by atoms with E-state index in [9.17, 15) is 19.7 Å². The molecular formula is C16H11N3O6S. The number of carbonyl (C=O) groups excluding carboxylic acids is 2. The maximum atomic E-state index is 11.6.